The fraction of sp³-hybridized carbons (Fsp3) is 0.788. The Morgan fingerprint density at radius 1 is 0.622 bits per heavy atom. The Balaban J connectivity index is 3.50. The molecule has 0 radical (unpaired) electrons. The molecule has 3 N–H and O–H groups in total. The van der Waals surface area contributed by atoms with Gasteiger partial charge in [0, 0.05) is 6.42 Å². The van der Waals surface area contributed by atoms with Gasteiger partial charge in [-0.1, -0.05) is 134 Å². The molecule has 1 amide bonds. The van der Waals surface area contributed by atoms with E-state index < -0.39 is 12.1 Å². The quantitative estimate of drug-likeness (QED) is 0.0750. The minimum absolute atomic E-state index is 0.134. The van der Waals surface area contributed by atoms with Crippen LogP contribution in [0.3, 0.4) is 0 Å². The third-order valence-electron chi connectivity index (χ3n) is 6.82. The summed E-state index contributed by atoms with van der Waals surface area (Å²) in [5.74, 6) is -0.134. The molecule has 0 spiro atoms. The van der Waals surface area contributed by atoms with Crippen molar-refractivity contribution >= 4 is 5.91 Å². The summed E-state index contributed by atoms with van der Waals surface area (Å²) in [4.78, 5) is 11.6. The Bertz CT molecular complexity index is 570. The van der Waals surface area contributed by atoms with Crippen LogP contribution in [-0.4, -0.2) is 34.9 Å². The van der Waals surface area contributed by atoms with Gasteiger partial charge in [-0.25, -0.2) is 0 Å². The van der Waals surface area contributed by atoms with E-state index in [-0.39, 0.29) is 12.5 Å². The Labute approximate surface area is 230 Å². The molecule has 4 heteroatoms. The molecule has 0 aromatic rings. The number of nitrogens with one attached hydrogen (secondary N) is 1. The van der Waals surface area contributed by atoms with Crippen LogP contribution in [0.25, 0.3) is 0 Å². The molecule has 0 rings (SSSR count). The van der Waals surface area contributed by atoms with E-state index in [0.29, 0.717) is 6.42 Å². The van der Waals surface area contributed by atoms with Crippen molar-refractivity contribution in [1.82, 2.24) is 5.32 Å². The normalized spacial score (nSPS) is 13.7. The second kappa shape index (κ2) is 29.2. The van der Waals surface area contributed by atoms with Gasteiger partial charge in [0.15, 0.2) is 0 Å². The van der Waals surface area contributed by atoms with E-state index in [2.05, 4.69) is 36.5 Å². The molecule has 216 valence electrons. The smallest absolute Gasteiger partial charge is 0.220 e. The van der Waals surface area contributed by atoms with Gasteiger partial charge in [0.1, 0.15) is 0 Å². The van der Waals surface area contributed by atoms with Crippen molar-refractivity contribution < 1.29 is 15.0 Å². The van der Waals surface area contributed by atoms with Gasteiger partial charge < -0.3 is 15.5 Å². The standard InChI is InChI=1S/C33H61NO3/c1-3-5-6-7-8-9-10-11-12-13-14-15-16-17-18-19-20-21-22-23-24-25-26-27-29-32(36)31(30-35)34-33(37)28-4-2/h19-20,23-24,27,29,31-32,35-36H,3-18,21-22,25-26,28,30H2,1-2H3,(H,34,37)/b20-19+,24-23+,29-27+. The van der Waals surface area contributed by atoms with Gasteiger partial charge in [-0.15, -0.1) is 0 Å². The molecule has 0 saturated heterocycles. The number of hydrogen-bond donors (Lipinski definition) is 3. The van der Waals surface area contributed by atoms with Crippen LogP contribution in [0.5, 0.6) is 0 Å². The summed E-state index contributed by atoms with van der Waals surface area (Å²) < 4.78 is 0. The molecule has 37 heavy (non-hydrogen) atoms. The number of aliphatic hydroxyl groups is 2. The number of amides is 1. The Kier molecular flexibility index (Phi) is 28.1. The summed E-state index contributed by atoms with van der Waals surface area (Å²) in [6, 6.07) is -0.637. The van der Waals surface area contributed by atoms with E-state index in [0.717, 1.165) is 32.1 Å². The van der Waals surface area contributed by atoms with Gasteiger partial charge in [-0.05, 0) is 44.9 Å². The Morgan fingerprint density at radius 3 is 1.51 bits per heavy atom. The SMILES string of the molecule is CCCCCCCCCCCCCCCC/C=C/CC/C=C/CC/C=C/C(O)C(CO)NC(=O)CCC. The summed E-state index contributed by atoms with van der Waals surface area (Å²) >= 11 is 0. The summed E-state index contributed by atoms with van der Waals surface area (Å²) in [7, 11) is 0. The number of rotatable bonds is 27. The van der Waals surface area contributed by atoms with Crippen LogP contribution in [0.15, 0.2) is 36.5 Å². The molecule has 4 nitrogen and oxygen atoms in total. The van der Waals surface area contributed by atoms with E-state index in [1.165, 1.54) is 96.3 Å². The lowest BCUT2D eigenvalue weighted by molar-refractivity contribution is -0.122. The molecule has 2 atom stereocenters. The third-order valence-corrected chi connectivity index (χ3v) is 6.82. The molecule has 0 aliphatic carbocycles. The maximum atomic E-state index is 11.6. The second-order valence-electron chi connectivity index (χ2n) is 10.5. The molecule has 0 aliphatic rings. The number of carbonyl (C=O) groups is 1. The van der Waals surface area contributed by atoms with Crippen LogP contribution in [0.4, 0.5) is 0 Å². The zero-order valence-corrected chi connectivity index (χ0v) is 24.5. The third kappa shape index (κ3) is 26.0. The predicted octanol–water partition coefficient (Wildman–Crippen LogP) is 8.72. The van der Waals surface area contributed by atoms with E-state index in [4.69, 9.17) is 0 Å². The Hall–Kier alpha value is -1.39. The molecule has 0 bridgehead atoms. The molecule has 0 aromatic heterocycles. The monoisotopic (exact) mass is 519 g/mol. The van der Waals surface area contributed by atoms with E-state index >= 15 is 0 Å². The van der Waals surface area contributed by atoms with Gasteiger partial charge in [0.05, 0.1) is 18.8 Å². The average molecular weight is 520 g/mol. The average Bonchev–Trinajstić information content (AvgIpc) is 2.89. The Morgan fingerprint density at radius 2 is 1.05 bits per heavy atom. The van der Waals surface area contributed by atoms with Crippen molar-refractivity contribution in [2.45, 2.75) is 161 Å². The summed E-state index contributed by atoms with van der Waals surface area (Å²) in [5.41, 5.74) is 0. The first-order chi connectivity index (χ1) is 18.2. The zero-order chi connectivity index (χ0) is 27.2. The van der Waals surface area contributed by atoms with E-state index in [1.807, 2.05) is 13.0 Å². The van der Waals surface area contributed by atoms with E-state index in [9.17, 15) is 15.0 Å². The number of carbonyl (C=O) groups excluding carboxylic acids is 1. The fourth-order valence-corrected chi connectivity index (χ4v) is 4.43. The van der Waals surface area contributed by atoms with Crippen molar-refractivity contribution in [3.05, 3.63) is 36.5 Å². The maximum absolute atomic E-state index is 11.6. The van der Waals surface area contributed by atoms with Crippen molar-refractivity contribution in [2.24, 2.45) is 0 Å². The van der Waals surface area contributed by atoms with Crippen LogP contribution < -0.4 is 5.32 Å². The van der Waals surface area contributed by atoms with Crippen molar-refractivity contribution in [1.29, 1.82) is 0 Å². The zero-order valence-electron chi connectivity index (χ0n) is 24.5. The summed E-state index contributed by atoms with van der Waals surface area (Å²) in [6.07, 6.45) is 37.9. The number of hydrogen-bond acceptors (Lipinski definition) is 3. The number of allylic oxidation sites excluding steroid dienone is 5. The van der Waals surface area contributed by atoms with Crippen LogP contribution in [-0.2, 0) is 4.79 Å². The van der Waals surface area contributed by atoms with Crippen molar-refractivity contribution in [2.75, 3.05) is 6.61 Å². The molecule has 2 unspecified atom stereocenters. The van der Waals surface area contributed by atoms with Crippen LogP contribution in [0, 0.1) is 0 Å². The molecule has 0 saturated carbocycles. The summed E-state index contributed by atoms with van der Waals surface area (Å²) in [6.45, 7) is 3.94. The highest BCUT2D eigenvalue weighted by molar-refractivity contribution is 5.76. The van der Waals surface area contributed by atoms with Gasteiger partial charge in [-0.3, -0.25) is 4.79 Å². The first-order valence-corrected chi connectivity index (χ1v) is 15.7. The first kappa shape index (κ1) is 35.6. The highest BCUT2D eigenvalue weighted by Gasteiger charge is 2.17. The lowest BCUT2D eigenvalue weighted by Crippen LogP contribution is -2.45. The molecule has 0 fully saturated rings. The minimum atomic E-state index is -0.861. The largest absolute Gasteiger partial charge is 0.394 e. The first-order valence-electron chi connectivity index (χ1n) is 15.7. The lowest BCUT2D eigenvalue weighted by Gasteiger charge is -2.19. The molecule has 0 aliphatic heterocycles. The van der Waals surface area contributed by atoms with Gasteiger partial charge in [0.2, 0.25) is 5.91 Å². The highest BCUT2D eigenvalue weighted by Crippen LogP contribution is 2.13. The van der Waals surface area contributed by atoms with E-state index in [1.54, 1.807) is 6.08 Å². The molecular formula is C33H61NO3. The van der Waals surface area contributed by atoms with Gasteiger partial charge in [0.25, 0.3) is 0 Å². The molecule has 0 aromatic carbocycles. The molecular weight excluding hydrogens is 458 g/mol. The summed E-state index contributed by atoms with van der Waals surface area (Å²) in [5, 5.41) is 22.2. The van der Waals surface area contributed by atoms with Crippen LogP contribution in [0.1, 0.15) is 149 Å². The minimum Gasteiger partial charge on any atom is -0.394 e. The van der Waals surface area contributed by atoms with Crippen molar-refractivity contribution in [3.63, 3.8) is 0 Å². The topological polar surface area (TPSA) is 69.6 Å². The van der Waals surface area contributed by atoms with Crippen LogP contribution >= 0.6 is 0 Å². The highest BCUT2D eigenvalue weighted by atomic mass is 16.3. The maximum Gasteiger partial charge on any atom is 0.220 e. The molecule has 0 heterocycles. The van der Waals surface area contributed by atoms with Gasteiger partial charge >= 0.3 is 0 Å². The predicted molar refractivity (Wildman–Crippen MR) is 161 cm³/mol. The number of unbranched alkanes of at least 4 members (excludes halogenated alkanes) is 16. The van der Waals surface area contributed by atoms with Crippen molar-refractivity contribution in [3.8, 4) is 0 Å². The number of aliphatic hydroxyl groups excluding tert-OH is 2. The van der Waals surface area contributed by atoms with Gasteiger partial charge in [-0.2, -0.15) is 0 Å². The second-order valence-corrected chi connectivity index (χ2v) is 10.5. The fourth-order valence-electron chi connectivity index (χ4n) is 4.43. The van der Waals surface area contributed by atoms with Crippen LogP contribution in [0.2, 0.25) is 0 Å². The lowest BCUT2D eigenvalue weighted by atomic mass is 10.0.